The van der Waals surface area contributed by atoms with Crippen molar-refractivity contribution in [3.63, 3.8) is 0 Å². The van der Waals surface area contributed by atoms with Gasteiger partial charge in [-0.1, -0.05) is 39.7 Å². The molecular formula is C21H18BrClN2O5. The molecule has 0 atom stereocenters. The quantitative estimate of drug-likeness (QED) is 0.561. The lowest BCUT2D eigenvalue weighted by Crippen LogP contribution is -2.21. The third-order valence-corrected chi connectivity index (χ3v) is 5.16. The highest BCUT2D eigenvalue weighted by Crippen LogP contribution is 2.36. The van der Waals surface area contributed by atoms with Crippen LogP contribution >= 0.6 is 27.5 Å². The molecule has 30 heavy (non-hydrogen) atoms. The Morgan fingerprint density at radius 1 is 1.27 bits per heavy atom. The third-order valence-electron chi connectivity index (χ3n) is 4.16. The summed E-state index contributed by atoms with van der Waals surface area (Å²) < 4.78 is 11.5. The molecule has 9 heteroatoms. The molecule has 2 aromatic rings. The molecule has 0 saturated carbocycles. The Balaban J connectivity index is 1.97. The highest BCUT2D eigenvalue weighted by Gasteiger charge is 2.30. The van der Waals surface area contributed by atoms with Crippen LogP contribution < -0.4 is 14.5 Å². The first-order valence-corrected chi connectivity index (χ1v) is 10.2. The van der Waals surface area contributed by atoms with Crippen LogP contribution in [0.15, 0.2) is 51.5 Å². The Kier molecular flexibility index (Phi) is 6.79. The van der Waals surface area contributed by atoms with E-state index >= 15 is 0 Å². The molecule has 7 nitrogen and oxygen atoms in total. The Hall–Kier alpha value is -2.84. The van der Waals surface area contributed by atoms with Crippen LogP contribution in [0.1, 0.15) is 19.4 Å². The number of halogens is 2. The van der Waals surface area contributed by atoms with Gasteiger partial charge in [0.15, 0.2) is 18.1 Å². The van der Waals surface area contributed by atoms with Gasteiger partial charge >= 0.3 is 5.97 Å². The number of carbonyl (C=O) groups is 2. The number of para-hydroxylation sites is 1. The molecule has 0 radical (unpaired) electrons. The monoisotopic (exact) mass is 492 g/mol. The van der Waals surface area contributed by atoms with Gasteiger partial charge < -0.3 is 14.6 Å². The maximum absolute atomic E-state index is 13.0. The summed E-state index contributed by atoms with van der Waals surface area (Å²) in [6.45, 7) is 3.41. The van der Waals surface area contributed by atoms with Gasteiger partial charge in [-0.3, -0.25) is 4.79 Å². The van der Waals surface area contributed by atoms with Crippen molar-refractivity contribution in [2.45, 2.75) is 13.8 Å². The van der Waals surface area contributed by atoms with E-state index in [9.17, 15) is 9.59 Å². The average molecular weight is 494 g/mol. The van der Waals surface area contributed by atoms with Crippen LogP contribution in [0.3, 0.4) is 0 Å². The molecular weight excluding hydrogens is 476 g/mol. The molecule has 0 spiro atoms. The number of amides is 1. The number of ether oxygens (including phenoxy) is 2. The zero-order valence-corrected chi connectivity index (χ0v) is 18.5. The van der Waals surface area contributed by atoms with Crippen LogP contribution in [-0.4, -0.2) is 35.9 Å². The van der Waals surface area contributed by atoms with E-state index in [1.54, 1.807) is 56.3 Å². The van der Waals surface area contributed by atoms with E-state index in [0.717, 1.165) is 0 Å². The smallest absolute Gasteiger partial charge is 0.341 e. The standard InChI is InChI=1S/C21H18BrClN2O5/c1-3-29-18-9-13(15(22)10-19(18)30-11-20(26)27)8-14-12(2)24-25(21(14)28)17-7-5-4-6-16(17)23/h4-10H,3,11H2,1-2H3,(H,26,27). The number of nitrogens with zero attached hydrogens (tertiary/aromatic N) is 2. The lowest BCUT2D eigenvalue weighted by atomic mass is 10.1. The molecule has 1 N–H and O–H groups in total. The van der Waals surface area contributed by atoms with Crippen LogP contribution in [0.5, 0.6) is 11.5 Å². The van der Waals surface area contributed by atoms with Crippen LogP contribution in [0.25, 0.3) is 6.08 Å². The molecule has 0 unspecified atom stereocenters. The zero-order valence-electron chi connectivity index (χ0n) is 16.2. The summed E-state index contributed by atoms with van der Waals surface area (Å²) in [7, 11) is 0. The number of anilines is 1. The van der Waals surface area contributed by atoms with E-state index in [4.69, 9.17) is 26.2 Å². The Bertz CT molecular complexity index is 1070. The Labute approximate surface area is 186 Å². The number of carboxylic acid groups (broad SMARTS) is 1. The first-order valence-electron chi connectivity index (χ1n) is 8.99. The number of rotatable bonds is 7. The molecule has 0 bridgehead atoms. The fourth-order valence-electron chi connectivity index (χ4n) is 2.81. The molecule has 0 aromatic heterocycles. The van der Waals surface area contributed by atoms with Gasteiger partial charge in [-0.05, 0) is 49.8 Å². The third kappa shape index (κ3) is 4.66. The molecule has 156 valence electrons. The van der Waals surface area contributed by atoms with Gasteiger partial charge in [-0.2, -0.15) is 10.1 Å². The molecule has 0 fully saturated rings. The van der Waals surface area contributed by atoms with E-state index in [0.29, 0.717) is 44.4 Å². The second kappa shape index (κ2) is 9.32. The van der Waals surface area contributed by atoms with Crippen molar-refractivity contribution >= 4 is 56.9 Å². The van der Waals surface area contributed by atoms with Crippen molar-refractivity contribution in [3.05, 3.63) is 57.0 Å². The number of hydrogen-bond donors (Lipinski definition) is 1. The van der Waals surface area contributed by atoms with Gasteiger partial charge in [0.25, 0.3) is 5.91 Å². The molecule has 1 amide bonds. The molecule has 1 heterocycles. The van der Waals surface area contributed by atoms with Gasteiger partial charge in [-0.15, -0.1) is 0 Å². The number of carboxylic acids is 1. The zero-order chi connectivity index (χ0) is 21.8. The summed E-state index contributed by atoms with van der Waals surface area (Å²) in [5, 5.41) is 14.9. The topological polar surface area (TPSA) is 88.4 Å². The summed E-state index contributed by atoms with van der Waals surface area (Å²) in [5.74, 6) is -0.745. The lowest BCUT2D eigenvalue weighted by Gasteiger charge is -2.14. The minimum atomic E-state index is -1.09. The van der Waals surface area contributed by atoms with Crippen molar-refractivity contribution in [2.75, 3.05) is 18.2 Å². The molecule has 0 saturated heterocycles. The van der Waals surface area contributed by atoms with Gasteiger partial charge in [0.2, 0.25) is 0 Å². The number of hydrogen-bond acceptors (Lipinski definition) is 5. The summed E-state index contributed by atoms with van der Waals surface area (Å²) in [4.78, 5) is 23.8. The van der Waals surface area contributed by atoms with E-state index < -0.39 is 12.6 Å². The fraction of sp³-hybridized carbons (Fsp3) is 0.190. The lowest BCUT2D eigenvalue weighted by molar-refractivity contribution is -0.139. The number of aliphatic carboxylic acids is 1. The van der Waals surface area contributed by atoms with Crippen molar-refractivity contribution in [1.82, 2.24) is 0 Å². The molecule has 0 aliphatic carbocycles. The van der Waals surface area contributed by atoms with Gasteiger partial charge in [-0.25, -0.2) is 4.79 Å². The van der Waals surface area contributed by atoms with Gasteiger partial charge in [0.05, 0.1) is 28.6 Å². The minimum Gasteiger partial charge on any atom is -0.490 e. The number of benzene rings is 2. The average Bonchev–Trinajstić information content (AvgIpc) is 2.97. The summed E-state index contributed by atoms with van der Waals surface area (Å²) >= 11 is 9.66. The maximum atomic E-state index is 13.0. The van der Waals surface area contributed by atoms with Gasteiger partial charge in [0, 0.05) is 4.47 Å². The van der Waals surface area contributed by atoms with Gasteiger partial charge in [0.1, 0.15) is 0 Å². The molecule has 2 aromatic carbocycles. The summed E-state index contributed by atoms with van der Waals surface area (Å²) in [5.41, 5.74) is 2.09. The highest BCUT2D eigenvalue weighted by atomic mass is 79.9. The second-order valence-corrected chi connectivity index (χ2v) is 7.51. The number of hydrazone groups is 1. The second-order valence-electron chi connectivity index (χ2n) is 6.25. The van der Waals surface area contributed by atoms with Crippen LogP contribution in [0, 0.1) is 0 Å². The van der Waals surface area contributed by atoms with E-state index in [2.05, 4.69) is 21.0 Å². The molecule has 1 aliphatic heterocycles. The van der Waals surface area contributed by atoms with Crippen LogP contribution in [-0.2, 0) is 9.59 Å². The largest absolute Gasteiger partial charge is 0.490 e. The van der Waals surface area contributed by atoms with E-state index in [1.807, 2.05) is 0 Å². The summed E-state index contributed by atoms with van der Waals surface area (Å²) in [6, 6.07) is 10.3. The van der Waals surface area contributed by atoms with E-state index in [1.165, 1.54) is 5.01 Å². The fourth-order valence-corrected chi connectivity index (χ4v) is 3.46. The predicted molar refractivity (Wildman–Crippen MR) is 118 cm³/mol. The van der Waals surface area contributed by atoms with Crippen molar-refractivity contribution in [2.24, 2.45) is 5.10 Å². The van der Waals surface area contributed by atoms with Crippen LogP contribution in [0.2, 0.25) is 5.02 Å². The Morgan fingerprint density at radius 3 is 2.63 bits per heavy atom. The van der Waals surface area contributed by atoms with Crippen molar-refractivity contribution in [3.8, 4) is 11.5 Å². The number of carbonyl (C=O) groups excluding carboxylic acids is 1. The highest BCUT2D eigenvalue weighted by molar-refractivity contribution is 9.10. The van der Waals surface area contributed by atoms with Crippen LogP contribution in [0.4, 0.5) is 5.69 Å². The summed E-state index contributed by atoms with van der Waals surface area (Å²) in [6.07, 6.45) is 1.69. The predicted octanol–water partition coefficient (Wildman–Crippen LogP) is 4.77. The van der Waals surface area contributed by atoms with E-state index in [-0.39, 0.29) is 11.7 Å². The molecule has 1 aliphatic rings. The first kappa shape index (κ1) is 21.9. The van der Waals surface area contributed by atoms with Crippen molar-refractivity contribution < 1.29 is 24.2 Å². The maximum Gasteiger partial charge on any atom is 0.341 e. The Morgan fingerprint density at radius 2 is 1.97 bits per heavy atom. The minimum absolute atomic E-state index is 0.286. The SMILES string of the molecule is CCOc1cc(C=C2C(=O)N(c3ccccc3Cl)N=C2C)c(Br)cc1OCC(=O)O. The first-order chi connectivity index (χ1) is 14.3. The molecule has 3 rings (SSSR count). The normalized spacial score (nSPS) is 14.8. The van der Waals surface area contributed by atoms with Crippen molar-refractivity contribution in [1.29, 1.82) is 0 Å².